The molecule has 1 heterocycles. The fourth-order valence-corrected chi connectivity index (χ4v) is 3.39. The molecule has 1 aliphatic rings. The summed E-state index contributed by atoms with van der Waals surface area (Å²) in [5.74, 6) is -0.221. The first-order valence-corrected chi connectivity index (χ1v) is 8.95. The van der Waals surface area contributed by atoms with Crippen LogP contribution >= 0.6 is 0 Å². The quantitative estimate of drug-likeness (QED) is 0.881. The summed E-state index contributed by atoms with van der Waals surface area (Å²) < 4.78 is 0. The molecule has 0 bridgehead atoms. The molecule has 0 aromatic heterocycles. The van der Waals surface area contributed by atoms with Crippen LogP contribution in [-0.4, -0.2) is 30.6 Å². The van der Waals surface area contributed by atoms with E-state index in [1.807, 2.05) is 12.1 Å². The first kappa shape index (κ1) is 19.3. The lowest BCUT2D eigenvalue weighted by molar-refractivity contribution is -0.124. The number of piperidine rings is 1. The number of nitriles is 1. The zero-order valence-electron chi connectivity index (χ0n) is 15.8. The van der Waals surface area contributed by atoms with E-state index in [2.05, 4.69) is 56.1 Å². The van der Waals surface area contributed by atoms with Crippen LogP contribution in [0.25, 0.3) is 0 Å². The minimum absolute atomic E-state index is 0.0231. The van der Waals surface area contributed by atoms with Gasteiger partial charge in [-0.25, -0.2) is 0 Å². The number of amides is 1. The Morgan fingerprint density at radius 3 is 2.48 bits per heavy atom. The highest BCUT2D eigenvalue weighted by Gasteiger charge is 2.38. The Balaban J connectivity index is 2.01. The van der Waals surface area contributed by atoms with Gasteiger partial charge in [0, 0.05) is 31.6 Å². The minimum atomic E-state index is -0.814. The Labute approximate surface area is 151 Å². The number of hydrogen-bond acceptors (Lipinski definition) is 4. The van der Waals surface area contributed by atoms with Gasteiger partial charge >= 0.3 is 0 Å². The van der Waals surface area contributed by atoms with Crippen LogP contribution in [0.4, 0.5) is 5.69 Å². The summed E-state index contributed by atoms with van der Waals surface area (Å²) >= 11 is 0. The highest BCUT2D eigenvalue weighted by molar-refractivity contribution is 5.82. The van der Waals surface area contributed by atoms with Crippen LogP contribution in [0.2, 0.25) is 0 Å². The molecule has 1 fully saturated rings. The van der Waals surface area contributed by atoms with Crippen molar-refractivity contribution in [3.63, 3.8) is 0 Å². The molecule has 0 spiro atoms. The molecule has 1 aliphatic heterocycles. The van der Waals surface area contributed by atoms with E-state index >= 15 is 0 Å². The molecule has 2 rings (SSSR count). The maximum absolute atomic E-state index is 12.5. The lowest BCUT2D eigenvalue weighted by Crippen LogP contribution is -2.58. The molecule has 0 saturated carbocycles. The molecule has 3 N–H and O–H groups in total. The van der Waals surface area contributed by atoms with Crippen LogP contribution < -0.4 is 16.0 Å². The van der Waals surface area contributed by atoms with E-state index in [1.165, 1.54) is 11.3 Å². The highest BCUT2D eigenvalue weighted by Crippen LogP contribution is 2.28. The molecule has 0 radical (unpaired) electrons. The topological polar surface area (TPSA) is 82.2 Å². The number of nitrogens with zero attached hydrogens (tertiary/aromatic N) is 2. The number of anilines is 1. The van der Waals surface area contributed by atoms with Crippen LogP contribution in [0.3, 0.4) is 0 Å². The van der Waals surface area contributed by atoms with Gasteiger partial charge < -0.3 is 16.0 Å². The summed E-state index contributed by atoms with van der Waals surface area (Å²) in [5.41, 5.74) is 7.63. The van der Waals surface area contributed by atoms with E-state index in [0.29, 0.717) is 19.3 Å². The average molecular weight is 342 g/mol. The summed E-state index contributed by atoms with van der Waals surface area (Å²) in [7, 11) is 0. The fourth-order valence-electron chi connectivity index (χ4n) is 3.39. The molecule has 5 nitrogen and oxygen atoms in total. The summed E-state index contributed by atoms with van der Waals surface area (Å²) in [5, 5.41) is 12.6. The lowest BCUT2D eigenvalue weighted by Gasteiger charge is -2.40. The van der Waals surface area contributed by atoms with Gasteiger partial charge in [-0.15, -0.1) is 0 Å². The fraction of sp³-hybridized carbons (Fsp3) is 0.600. The molecule has 136 valence electrons. The first-order chi connectivity index (χ1) is 11.7. The summed E-state index contributed by atoms with van der Waals surface area (Å²) in [6.07, 6.45) is 1.80. The number of para-hydroxylation sites is 1. The van der Waals surface area contributed by atoms with Crippen LogP contribution in [0.5, 0.6) is 0 Å². The Bertz CT molecular complexity index is 648. The van der Waals surface area contributed by atoms with E-state index in [4.69, 9.17) is 5.73 Å². The van der Waals surface area contributed by atoms with Crippen molar-refractivity contribution in [1.82, 2.24) is 5.32 Å². The van der Waals surface area contributed by atoms with Gasteiger partial charge in [0.15, 0.2) is 0 Å². The van der Waals surface area contributed by atoms with Gasteiger partial charge in [-0.2, -0.15) is 5.26 Å². The SMILES string of the molecule is Cc1ccccc1N1CCC(C#N)(NC(=O)C(N)CC(C)(C)C)CC1. The van der Waals surface area contributed by atoms with Crippen molar-refractivity contribution in [2.45, 2.75) is 58.5 Å². The van der Waals surface area contributed by atoms with Crippen molar-refractivity contribution in [3.8, 4) is 6.07 Å². The molecule has 1 aromatic rings. The van der Waals surface area contributed by atoms with Gasteiger partial charge in [-0.3, -0.25) is 4.79 Å². The molecule has 1 atom stereocenters. The average Bonchev–Trinajstić information content (AvgIpc) is 2.54. The molecular formula is C20H30N4O. The predicted octanol–water partition coefficient (Wildman–Crippen LogP) is 2.74. The number of nitrogens with one attached hydrogen (secondary N) is 1. The molecule has 1 saturated heterocycles. The van der Waals surface area contributed by atoms with Crippen LogP contribution in [-0.2, 0) is 4.79 Å². The van der Waals surface area contributed by atoms with Crippen LogP contribution in [0, 0.1) is 23.7 Å². The van der Waals surface area contributed by atoms with Crippen LogP contribution in [0.1, 0.15) is 45.6 Å². The zero-order valence-corrected chi connectivity index (χ0v) is 15.8. The third-order valence-corrected chi connectivity index (χ3v) is 4.82. The molecule has 1 aromatic carbocycles. The number of hydrogen-bond donors (Lipinski definition) is 2. The molecule has 1 unspecified atom stereocenters. The largest absolute Gasteiger partial charge is 0.371 e. The Hall–Kier alpha value is -2.06. The van der Waals surface area contributed by atoms with Crippen molar-refractivity contribution in [2.24, 2.45) is 11.1 Å². The van der Waals surface area contributed by atoms with Crippen molar-refractivity contribution >= 4 is 11.6 Å². The minimum Gasteiger partial charge on any atom is -0.371 e. The highest BCUT2D eigenvalue weighted by atomic mass is 16.2. The van der Waals surface area contributed by atoms with E-state index in [1.54, 1.807) is 0 Å². The number of aryl methyl sites for hydroxylation is 1. The number of carbonyl (C=O) groups is 1. The van der Waals surface area contributed by atoms with Gasteiger partial charge in [-0.05, 0) is 30.4 Å². The second-order valence-electron chi connectivity index (χ2n) is 8.33. The second-order valence-corrected chi connectivity index (χ2v) is 8.33. The summed E-state index contributed by atoms with van der Waals surface area (Å²) in [6.45, 7) is 9.75. The Kier molecular flexibility index (Phi) is 5.74. The number of nitrogens with two attached hydrogens (primary N) is 1. The number of rotatable bonds is 4. The third kappa shape index (κ3) is 4.96. The first-order valence-electron chi connectivity index (χ1n) is 8.95. The Morgan fingerprint density at radius 1 is 1.36 bits per heavy atom. The van der Waals surface area contributed by atoms with Gasteiger partial charge in [-0.1, -0.05) is 39.0 Å². The standard InChI is InChI=1S/C20H30N4O/c1-15-7-5-6-8-17(15)24-11-9-20(14-21,10-12-24)23-18(25)16(22)13-19(2,3)4/h5-8,16H,9-13,22H2,1-4H3,(H,23,25). The molecular weight excluding hydrogens is 312 g/mol. The molecule has 1 amide bonds. The normalized spacial score (nSPS) is 18.3. The van der Waals surface area contributed by atoms with Gasteiger partial charge in [0.2, 0.25) is 5.91 Å². The third-order valence-electron chi connectivity index (χ3n) is 4.82. The van der Waals surface area contributed by atoms with E-state index in [9.17, 15) is 10.1 Å². The lowest BCUT2D eigenvalue weighted by atomic mass is 9.85. The van der Waals surface area contributed by atoms with Gasteiger partial charge in [0.05, 0.1) is 12.1 Å². The predicted molar refractivity (Wildman–Crippen MR) is 101 cm³/mol. The monoisotopic (exact) mass is 342 g/mol. The molecule has 0 aliphatic carbocycles. The second kappa shape index (κ2) is 7.45. The maximum Gasteiger partial charge on any atom is 0.238 e. The smallest absolute Gasteiger partial charge is 0.238 e. The number of carbonyl (C=O) groups excluding carboxylic acids is 1. The van der Waals surface area contributed by atoms with Crippen molar-refractivity contribution in [1.29, 1.82) is 5.26 Å². The van der Waals surface area contributed by atoms with E-state index < -0.39 is 11.6 Å². The summed E-state index contributed by atoms with van der Waals surface area (Å²) in [6, 6.07) is 10.0. The van der Waals surface area contributed by atoms with Crippen LogP contribution in [0.15, 0.2) is 24.3 Å². The number of benzene rings is 1. The van der Waals surface area contributed by atoms with Crippen molar-refractivity contribution in [2.75, 3.05) is 18.0 Å². The van der Waals surface area contributed by atoms with Crippen molar-refractivity contribution in [3.05, 3.63) is 29.8 Å². The van der Waals surface area contributed by atoms with E-state index in [0.717, 1.165) is 13.1 Å². The summed E-state index contributed by atoms with van der Waals surface area (Å²) in [4.78, 5) is 14.7. The van der Waals surface area contributed by atoms with Crippen molar-refractivity contribution < 1.29 is 4.79 Å². The Morgan fingerprint density at radius 2 is 1.96 bits per heavy atom. The van der Waals surface area contributed by atoms with E-state index in [-0.39, 0.29) is 11.3 Å². The van der Waals surface area contributed by atoms with Gasteiger partial charge in [0.1, 0.15) is 5.54 Å². The van der Waals surface area contributed by atoms with Gasteiger partial charge in [0.25, 0.3) is 0 Å². The maximum atomic E-state index is 12.5. The zero-order chi connectivity index (χ0) is 18.7. The molecule has 5 heteroatoms. The molecule has 25 heavy (non-hydrogen) atoms.